The predicted molar refractivity (Wildman–Crippen MR) is 122 cm³/mol. The zero-order chi connectivity index (χ0) is 20.0. The molecule has 0 amide bonds. The summed E-state index contributed by atoms with van der Waals surface area (Å²) in [6.07, 6.45) is 2.23. The third-order valence-corrected chi connectivity index (χ3v) is 5.51. The van der Waals surface area contributed by atoms with Gasteiger partial charge in [-0.15, -0.1) is 0 Å². The lowest BCUT2D eigenvalue weighted by molar-refractivity contribution is 0.861. The summed E-state index contributed by atoms with van der Waals surface area (Å²) in [6.45, 7) is 19.6. The highest BCUT2D eigenvalue weighted by atomic mass is 15.1. The van der Waals surface area contributed by atoms with Crippen molar-refractivity contribution in [3.8, 4) is 0 Å². The minimum Gasteiger partial charge on any atom is -0.372 e. The van der Waals surface area contributed by atoms with Gasteiger partial charge in [0.2, 0.25) is 0 Å². The van der Waals surface area contributed by atoms with Gasteiger partial charge in [0.15, 0.2) is 0 Å². The Morgan fingerprint density at radius 1 is 0.704 bits per heavy atom. The van der Waals surface area contributed by atoms with Crippen molar-refractivity contribution in [3.63, 3.8) is 0 Å². The normalized spacial score (nSPS) is 10.6. The van der Waals surface area contributed by atoms with E-state index in [9.17, 15) is 0 Å². The summed E-state index contributed by atoms with van der Waals surface area (Å²) in [7, 11) is 0. The molecule has 0 heterocycles. The summed E-state index contributed by atoms with van der Waals surface area (Å²) in [6, 6.07) is 13.7. The summed E-state index contributed by atoms with van der Waals surface area (Å²) in [5.41, 5.74) is 9.25. The highest BCUT2D eigenvalue weighted by molar-refractivity contribution is 5.82. The van der Waals surface area contributed by atoms with E-state index in [0.29, 0.717) is 0 Å². The summed E-state index contributed by atoms with van der Waals surface area (Å²) in [5.74, 6) is 0. The maximum Gasteiger partial charge on any atom is 0.0396 e. The molecule has 146 valence electrons. The van der Waals surface area contributed by atoms with Gasteiger partial charge in [0.1, 0.15) is 0 Å². The topological polar surface area (TPSA) is 6.48 Å². The first kappa shape index (κ1) is 21.1. The minimum absolute atomic E-state index is 1.04. The molecule has 0 N–H and O–H groups in total. The lowest BCUT2D eigenvalue weighted by atomic mass is 9.94. The number of nitrogens with zero attached hydrogens (tertiary/aromatic N) is 2. The van der Waals surface area contributed by atoms with Gasteiger partial charge in [-0.1, -0.05) is 18.2 Å². The first-order valence-electron chi connectivity index (χ1n) is 10.4. The third-order valence-electron chi connectivity index (χ3n) is 5.51. The molecule has 0 spiro atoms. The number of benzene rings is 2. The molecule has 27 heavy (non-hydrogen) atoms. The van der Waals surface area contributed by atoms with Gasteiger partial charge in [-0.2, -0.15) is 0 Å². The second kappa shape index (κ2) is 9.64. The van der Waals surface area contributed by atoms with Crippen molar-refractivity contribution < 1.29 is 0 Å². The van der Waals surface area contributed by atoms with Crippen LogP contribution in [0.5, 0.6) is 0 Å². The van der Waals surface area contributed by atoms with Gasteiger partial charge in [0, 0.05) is 37.6 Å². The first-order valence-corrected chi connectivity index (χ1v) is 10.4. The van der Waals surface area contributed by atoms with Crippen LogP contribution in [0, 0.1) is 13.8 Å². The molecule has 0 radical (unpaired) electrons. The third kappa shape index (κ3) is 4.55. The van der Waals surface area contributed by atoms with Crippen LogP contribution in [0.15, 0.2) is 42.5 Å². The number of hydrogen-bond acceptors (Lipinski definition) is 2. The van der Waals surface area contributed by atoms with Crippen LogP contribution in [-0.4, -0.2) is 26.2 Å². The Balaban J connectivity index is 2.40. The van der Waals surface area contributed by atoms with Crippen molar-refractivity contribution in [2.75, 3.05) is 36.0 Å². The summed E-state index contributed by atoms with van der Waals surface area (Å²) < 4.78 is 0. The number of anilines is 2. The molecular formula is C25H36N2. The minimum atomic E-state index is 1.04. The van der Waals surface area contributed by atoms with E-state index >= 15 is 0 Å². The molecule has 0 saturated carbocycles. The van der Waals surface area contributed by atoms with Crippen molar-refractivity contribution in [1.82, 2.24) is 0 Å². The van der Waals surface area contributed by atoms with E-state index in [2.05, 4.69) is 101 Å². The largest absolute Gasteiger partial charge is 0.372 e. The van der Waals surface area contributed by atoms with Gasteiger partial charge in [-0.25, -0.2) is 0 Å². The zero-order valence-electron chi connectivity index (χ0n) is 18.3. The Labute approximate surface area is 166 Å². The molecule has 2 heteroatoms. The van der Waals surface area contributed by atoms with Crippen LogP contribution < -0.4 is 9.80 Å². The SMILES string of the molecule is CC=C(c1ccc(N(CC)CC)c(C)c1)c1ccc(N(CC)CC)c(C)c1. The first-order chi connectivity index (χ1) is 13.0. The maximum absolute atomic E-state index is 2.41. The number of hydrogen-bond donors (Lipinski definition) is 0. The van der Waals surface area contributed by atoms with E-state index in [4.69, 9.17) is 0 Å². The molecule has 2 nitrogen and oxygen atoms in total. The zero-order valence-corrected chi connectivity index (χ0v) is 18.3. The van der Waals surface area contributed by atoms with E-state index < -0.39 is 0 Å². The Bertz CT molecular complexity index is 717. The van der Waals surface area contributed by atoms with Gasteiger partial charge >= 0.3 is 0 Å². The average Bonchev–Trinajstić information content (AvgIpc) is 2.67. The number of rotatable bonds is 8. The van der Waals surface area contributed by atoms with Gasteiger partial charge in [0.25, 0.3) is 0 Å². The smallest absolute Gasteiger partial charge is 0.0396 e. The van der Waals surface area contributed by atoms with Gasteiger partial charge in [-0.05, 0) is 101 Å². The molecule has 0 fully saturated rings. The fraction of sp³-hybridized carbons (Fsp3) is 0.440. The lowest BCUT2D eigenvalue weighted by Crippen LogP contribution is -2.22. The Morgan fingerprint density at radius 2 is 1.07 bits per heavy atom. The molecule has 0 atom stereocenters. The van der Waals surface area contributed by atoms with Crippen molar-refractivity contribution in [2.45, 2.75) is 48.5 Å². The van der Waals surface area contributed by atoms with Crippen LogP contribution in [0.25, 0.3) is 5.57 Å². The molecule has 2 aromatic rings. The molecule has 0 aliphatic heterocycles. The molecule has 0 saturated heterocycles. The summed E-state index contributed by atoms with van der Waals surface area (Å²) in [4.78, 5) is 4.83. The quantitative estimate of drug-likeness (QED) is 0.531. The molecule has 0 unspecified atom stereocenters. The van der Waals surface area contributed by atoms with Crippen LogP contribution in [0.3, 0.4) is 0 Å². The van der Waals surface area contributed by atoms with E-state index in [-0.39, 0.29) is 0 Å². The van der Waals surface area contributed by atoms with Crippen LogP contribution in [0.1, 0.15) is 56.9 Å². The fourth-order valence-electron chi connectivity index (χ4n) is 3.98. The van der Waals surface area contributed by atoms with Gasteiger partial charge in [-0.3, -0.25) is 0 Å². The fourth-order valence-corrected chi connectivity index (χ4v) is 3.98. The Hall–Kier alpha value is -2.22. The molecule has 0 aliphatic carbocycles. The average molecular weight is 365 g/mol. The molecular weight excluding hydrogens is 328 g/mol. The predicted octanol–water partition coefficient (Wildman–Crippen LogP) is 6.45. The van der Waals surface area contributed by atoms with Crippen LogP contribution in [-0.2, 0) is 0 Å². The van der Waals surface area contributed by atoms with Crippen LogP contribution in [0.4, 0.5) is 11.4 Å². The monoisotopic (exact) mass is 364 g/mol. The number of aryl methyl sites for hydroxylation is 2. The van der Waals surface area contributed by atoms with Crippen molar-refractivity contribution >= 4 is 16.9 Å². The van der Waals surface area contributed by atoms with Crippen LogP contribution >= 0.6 is 0 Å². The van der Waals surface area contributed by atoms with E-state index in [0.717, 1.165) is 26.2 Å². The molecule has 2 aromatic carbocycles. The van der Waals surface area contributed by atoms with Gasteiger partial charge in [0.05, 0.1) is 0 Å². The van der Waals surface area contributed by atoms with Gasteiger partial charge < -0.3 is 9.80 Å². The number of allylic oxidation sites excluding steroid dienone is 1. The lowest BCUT2D eigenvalue weighted by Gasteiger charge is -2.25. The highest BCUT2D eigenvalue weighted by Gasteiger charge is 2.12. The standard InChI is InChI=1S/C25H36N2/c1-8-23(21-13-15-24(19(6)17-21)26(9-2)10-3)22-14-16-25(20(7)18-22)27(11-4)12-5/h8,13-18H,9-12H2,1-7H3. The second-order valence-electron chi connectivity index (χ2n) is 7.05. The summed E-state index contributed by atoms with van der Waals surface area (Å²) in [5, 5.41) is 0. The van der Waals surface area contributed by atoms with Crippen molar-refractivity contribution in [2.24, 2.45) is 0 Å². The molecule has 0 aromatic heterocycles. The molecule has 0 bridgehead atoms. The van der Waals surface area contributed by atoms with Crippen LogP contribution in [0.2, 0.25) is 0 Å². The van der Waals surface area contributed by atoms with Crippen molar-refractivity contribution in [1.29, 1.82) is 0 Å². The summed E-state index contributed by atoms with van der Waals surface area (Å²) >= 11 is 0. The highest BCUT2D eigenvalue weighted by Crippen LogP contribution is 2.31. The Morgan fingerprint density at radius 3 is 1.33 bits per heavy atom. The Kier molecular flexibility index (Phi) is 7.53. The van der Waals surface area contributed by atoms with E-state index in [1.165, 1.54) is 39.2 Å². The second-order valence-corrected chi connectivity index (χ2v) is 7.05. The molecule has 2 rings (SSSR count). The van der Waals surface area contributed by atoms with E-state index in [1.54, 1.807) is 0 Å². The van der Waals surface area contributed by atoms with Crippen molar-refractivity contribution in [3.05, 3.63) is 64.7 Å². The van der Waals surface area contributed by atoms with E-state index in [1.807, 2.05) is 0 Å². The maximum atomic E-state index is 2.41. The molecule has 0 aliphatic rings.